The van der Waals surface area contributed by atoms with E-state index in [1.54, 1.807) is 24.0 Å². The molecule has 2 aromatic heterocycles. The van der Waals surface area contributed by atoms with Gasteiger partial charge in [-0.1, -0.05) is 6.92 Å². The molecule has 1 amide bonds. The van der Waals surface area contributed by atoms with E-state index >= 15 is 4.39 Å². The van der Waals surface area contributed by atoms with E-state index in [2.05, 4.69) is 20.3 Å². The molecule has 10 heteroatoms. The number of aromatic nitrogens is 3. The summed E-state index contributed by atoms with van der Waals surface area (Å²) in [5.41, 5.74) is 0.0347. The molecule has 0 spiro atoms. The summed E-state index contributed by atoms with van der Waals surface area (Å²) < 4.78 is 53.6. The van der Waals surface area contributed by atoms with Gasteiger partial charge in [-0.05, 0) is 61.6 Å². The van der Waals surface area contributed by atoms with Gasteiger partial charge in [-0.15, -0.1) is 0 Å². The number of carbonyl (C=O) groups is 1. The minimum Gasteiger partial charge on any atom is -0.368 e. The molecule has 1 N–H and O–H groups in total. The Bertz CT molecular complexity index is 1180. The predicted molar refractivity (Wildman–Crippen MR) is 123 cm³/mol. The molecule has 1 aliphatic rings. The highest BCUT2D eigenvalue weighted by atomic mass is 19.4. The van der Waals surface area contributed by atoms with Crippen LogP contribution in [-0.2, 0) is 6.18 Å². The highest BCUT2D eigenvalue weighted by molar-refractivity contribution is 6.00. The number of nitrogens with one attached hydrogen (secondary N) is 1. The Kier molecular flexibility index (Phi) is 7.00. The largest absolute Gasteiger partial charge is 0.417 e. The minimum atomic E-state index is -4.47. The van der Waals surface area contributed by atoms with Gasteiger partial charge in [0.2, 0.25) is 0 Å². The van der Waals surface area contributed by atoms with Crippen LogP contribution in [0.15, 0.2) is 48.9 Å². The van der Waals surface area contributed by atoms with Gasteiger partial charge >= 0.3 is 6.18 Å². The van der Waals surface area contributed by atoms with Gasteiger partial charge in [-0.25, -0.2) is 19.3 Å². The van der Waals surface area contributed by atoms with Crippen LogP contribution in [0.2, 0.25) is 0 Å². The number of hydrogen-bond acceptors (Lipinski definition) is 5. The SMILES string of the molecule is Cc1cc(F)c(C(=O)N2CCC[C@@H](C)[C@H]2CNc2ccc(C(F)(F)F)cn2)c(-c2ncccn2)c1. The quantitative estimate of drug-likeness (QED) is 0.491. The summed E-state index contributed by atoms with van der Waals surface area (Å²) in [6.45, 7) is 4.42. The van der Waals surface area contributed by atoms with E-state index in [9.17, 15) is 18.0 Å². The first-order chi connectivity index (χ1) is 16.6. The first-order valence-corrected chi connectivity index (χ1v) is 11.3. The topological polar surface area (TPSA) is 71.0 Å². The molecule has 1 fully saturated rings. The predicted octanol–water partition coefficient (Wildman–Crippen LogP) is 5.36. The van der Waals surface area contributed by atoms with Crippen LogP contribution < -0.4 is 5.32 Å². The Morgan fingerprint density at radius 3 is 2.57 bits per heavy atom. The molecule has 0 saturated carbocycles. The first kappa shape index (κ1) is 24.6. The number of hydrogen-bond donors (Lipinski definition) is 1. The fourth-order valence-corrected chi connectivity index (χ4v) is 4.41. The lowest BCUT2D eigenvalue weighted by molar-refractivity contribution is -0.137. The molecule has 0 radical (unpaired) electrons. The van der Waals surface area contributed by atoms with E-state index in [1.807, 2.05) is 6.92 Å². The zero-order valence-corrected chi connectivity index (χ0v) is 19.3. The van der Waals surface area contributed by atoms with E-state index < -0.39 is 23.5 Å². The second kappa shape index (κ2) is 9.97. The average molecular weight is 488 g/mol. The Hall–Kier alpha value is -3.56. The number of aryl methyl sites for hydroxylation is 1. The lowest BCUT2D eigenvalue weighted by Gasteiger charge is -2.40. The monoisotopic (exact) mass is 487 g/mol. The van der Waals surface area contributed by atoms with Gasteiger partial charge in [-0.2, -0.15) is 13.2 Å². The van der Waals surface area contributed by atoms with Crippen molar-refractivity contribution in [2.75, 3.05) is 18.4 Å². The molecule has 0 aliphatic carbocycles. The standard InChI is InChI=1S/C25H25F4N5O/c1-15-11-18(23-30-8-4-9-31-23)22(19(26)12-15)24(35)34-10-3-5-16(2)20(34)14-33-21-7-6-17(13-32-21)25(27,28)29/h4,6-9,11-13,16,20H,3,5,10,14H2,1-2H3,(H,32,33)/t16-,20-/m1/s1. The molecular formula is C25H25F4N5O. The van der Waals surface area contributed by atoms with Crippen LogP contribution in [0.25, 0.3) is 11.4 Å². The van der Waals surface area contributed by atoms with Crippen LogP contribution in [0.4, 0.5) is 23.4 Å². The number of pyridine rings is 1. The summed E-state index contributed by atoms with van der Waals surface area (Å²) in [5.74, 6) is -0.509. The Morgan fingerprint density at radius 1 is 1.17 bits per heavy atom. The van der Waals surface area contributed by atoms with Crippen molar-refractivity contribution >= 4 is 11.7 Å². The second-order valence-corrected chi connectivity index (χ2v) is 8.74. The maximum absolute atomic E-state index is 15.2. The molecule has 1 aromatic carbocycles. The van der Waals surface area contributed by atoms with Crippen LogP contribution >= 0.6 is 0 Å². The molecule has 1 aliphatic heterocycles. The van der Waals surface area contributed by atoms with E-state index in [4.69, 9.17) is 0 Å². The fourth-order valence-electron chi connectivity index (χ4n) is 4.41. The normalized spacial score (nSPS) is 18.4. The third kappa shape index (κ3) is 5.41. The third-order valence-corrected chi connectivity index (χ3v) is 6.21. The number of carbonyl (C=O) groups excluding carboxylic acids is 1. The van der Waals surface area contributed by atoms with Gasteiger partial charge < -0.3 is 10.2 Å². The smallest absolute Gasteiger partial charge is 0.368 e. The van der Waals surface area contributed by atoms with Crippen molar-refractivity contribution in [2.24, 2.45) is 5.92 Å². The summed E-state index contributed by atoms with van der Waals surface area (Å²) in [6.07, 6.45) is 0.982. The van der Waals surface area contributed by atoms with Crippen LogP contribution in [0.3, 0.4) is 0 Å². The van der Waals surface area contributed by atoms with Crippen molar-refractivity contribution in [2.45, 2.75) is 38.9 Å². The van der Waals surface area contributed by atoms with Gasteiger partial charge in [0.1, 0.15) is 11.6 Å². The van der Waals surface area contributed by atoms with Gasteiger partial charge in [0.15, 0.2) is 5.82 Å². The number of halogens is 4. The Balaban J connectivity index is 1.60. The van der Waals surface area contributed by atoms with Gasteiger partial charge in [-0.3, -0.25) is 4.79 Å². The lowest BCUT2D eigenvalue weighted by Crippen LogP contribution is -2.51. The highest BCUT2D eigenvalue weighted by Gasteiger charge is 2.35. The molecule has 35 heavy (non-hydrogen) atoms. The zero-order chi connectivity index (χ0) is 25.2. The van der Waals surface area contributed by atoms with E-state index in [1.165, 1.54) is 24.5 Å². The lowest BCUT2D eigenvalue weighted by atomic mass is 9.89. The van der Waals surface area contributed by atoms with Crippen LogP contribution in [0.5, 0.6) is 0 Å². The van der Waals surface area contributed by atoms with Gasteiger partial charge in [0, 0.05) is 37.2 Å². The molecule has 184 valence electrons. The number of benzene rings is 1. The number of anilines is 1. The number of likely N-dealkylation sites (tertiary alicyclic amines) is 1. The number of nitrogens with zero attached hydrogens (tertiary/aromatic N) is 4. The van der Waals surface area contributed by atoms with Crippen molar-refractivity contribution in [1.29, 1.82) is 0 Å². The van der Waals surface area contributed by atoms with Crippen LogP contribution in [-0.4, -0.2) is 44.9 Å². The van der Waals surface area contributed by atoms with Gasteiger partial charge in [0.05, 0.1) is 17.2 Å². The summed E-state index contributed by atoms with van der Waals surface area (Å²) in [5, 5.41) is 3.04. The third-order valence-electron chi connectivity index (χ3n) is 6.21. The molecule has 2 atom stereocenters. The first-order valence-electron chi connectivity index (χ1n) is 11.3. The fraction of sp³-hybridized carbons (Fsp3) is 0.360. The van der Waals surface area contributed by atoms with E-state index in [0.717, 1.165) is 25.1 Å². The van der Waals surface area contributed by atoms with Crippen LogP contribution in [0.1, 0.15) is 41.3 Å². The molecule has 0 bridgehead atoms. The molecule has 3 aromatic rings. The maximum Gasteiger partial charge on any atom is 0.417 e. The number of alkyl halides is 3. The molecule has 3 heterocycles. The second-order valence-electron chi connectivity index (χ2n) is 8.74. The molecule has 4 rings (SSSR count). The number of piperidine rings is 1. The molecule has 1 saturated heterocycles. The summed E-state index contributed by atoms with van der Waals surface area (Å²) in [7, 11) is 0. The minimum absolute atomic E-state index is 0.0829. The van der Waals surface area contributed by atoms with Crippen molar-refractivity contribution < 1.29 is 22.4 Å². The van der Waals surface area contributed by atoms with E-state index in [0.29, 0.717) is 17.7 Å². The van der Waals surface area contributed by atoms with Crippen molar-refractivity contribution in [3.05, 3.63) is 71.4 Å². The van der Waals surface area contributed by atoms with E-state index in [-0.39, 0.29) is 35.7 Å². The van der Waals surface area contributed by atoms with Crippen LogP contribution in [0, 0.1) is 18.7 Å². The average Bonchev–Trinajstić information content (AvgIpc) is 2.82. The van der Waals surface area contributed by atoms with Crippen molar-refractivity contribution in [1.82, 2.24) is 19.9 Å². The highest BCUT2D eigenvalue weighted by Crippen LogP contribution is 2.31. The number of amides is 1. The zero-order valence-electron chi connectivity index (χ0n) is 19.3. The van der Waals surface area contributed by atoms with Crippen molar-refractivity contribution in [3.8, 4) is 11.4 Å². The molecular weight excluding hydrogens is 462 g/mol. The summed E-state index contributed by atoms with van der Waals surface area (Å²) >= 11 is 0. The number of rotatable bonds is 5. The van der Waals surface area contributed by atoms with Crippen molar-refractivity contribution in [3.63, 3.8) is 0 Å². The molecule has 6 nitrogen and oxygen atoms in total. The summed E-state index contributed by atoms with van der Waals surface area (Å²) in [6, 6.07) is 6.54. The Labute approximate surface area is 200 Å². The summed E-state index contributed by atoms with van der Waals surface area (Å²) in [4.78, 5) is 27.6. The van der Waals surface area contributed by atoms with Gasteiger partial charge in [0.25, 0.3) is 5.91 Å². The Morgan fingerprint density at radius 2 is 1.91 bits per heavy atom. The molecule has 0 unspecified atom stereocenters. The maximum atomic E-state index is 15.2.